The van der Waals surface area contributed by atoms with Crippen LogP contribution < -0.4 is 32.3 Å². The summed E-state index contributed by atoms with van der Waals surface area (Å²) in [6.07, 6.45) is -2.84. The summed E-state index contributed by atoms with van der Waals surface area (Å²) in [7, 11) is 0. The zero-order valence-electron chi connectivity index (χ0n) is 15.5. The van der Waals surface area contributed by atoms with Crippen molar-refractivity contribution in [3.05, 3.63) is 29.6 Å². The van der Waals surface area contributed by atoms with E-state index in [2.05, 4.69) is 26.6 Å². The van der Waals surface area contributed by atoms with Gasteiger partial charge >= 0.3 is 12.2 Å². The summed E-state index contributed by atoms with van der Waals surface area (Å²) in [5.74, 6) is -1.40. The molecule has 3 atom stereocenters. The number of nitrogens with one attached hydrogen (secondary N) is 5. The first kappa shape index (κ1) is 22.3. The molecule has 2 amide bonds. The second kappa shape index (κ2) is 10.0. The smallest absolute Gasteiger partial charge is 0.330 e. The molecule has 0 bridgehead atoms. The summed E-state index contributed by atoms with van der Waals surface area (Å²) in [5.41, 5.74) is 3.86. The summed E-state index contributed by atoms with van der Waals surface area (Å²) < 4.78 is 51.6. The van der Waals surface area contributed by atoms with E-state index >= 15 is 0 Å². The maximum Gasteiger partial charge on any atom is 0.419 e. The number of halogens is 4. The molecular formula is C17H26F4N6O. The topological polar surface area (TPSA) is 103 Å². The number of unbranched alkanes of at least 4 members (excludes halogenated alkanes) is 1. The van der Waals surface area contributed by atoms with Crippen LogP contribution in [-0.2, 0) is 6.18 Å². The molecule has 3 unspecified atom stereocenters. The van der Waals surface area contributed by atoms with E-state index in [-0.39, 0.29) is 17.9 Å². The number of anilines is 1. The molecule has 158 valence electrons. The van der Waals surface area contributed by atoms with E-state index in [1.807, 2.05) is 6.92 Å². The van der Waals surface area contributed by atoms with E-state index in [4.69, 9.17) is 5.73 Å². The molecule has 0 aromatic heterocycles. The summed E-state index contributed by atoms with van der Waals surface area (Å²) in [6.45, 7) is 3.36. The Morgan fingerprint density at radius 3 is 2.71 bits per heavy atom. The van der Waals surface area contributed by atoms with Gasteiger partial charge in [-0.1, -0.05) is 0 Å². The van der Waals surface area contributed by atoms with Crippen molar-refractivity contribution < 1.29 is 22.4 Å². The highest BCUT2D eigenvalue weighted by Crippen LogP contribution is 2.32. The maximum absolute atomic E-state index is 13.3. The molecule has 28 heavy (non-hydrogen) atoms. The highest BCUT2D eigenvalue weighted by molar-refractivity contribution is 5.89. The van der Waals surface area contributed by atoms with Crippen molar-refractivity contribution in [2.75, 3.05) is 18.4 Å². The Morgan fingerprint density at radius 2 is 2.04 bits per heavy atom. The molecule has 1 saturated heterocycles. The van der Waals surface area contributed by atoms with Crippen LogP contribution in [0.25, 0.3) is 0 Å². The first-order chi connectivity index (χ1) is 13.2. The number of hydrogen-bond donors (Lipinski definition) is 6. The van der Waals surface area contributed by atoms with Gasteiger partial charge in [-0.2, -0.15) is 13.2 Å². The maximum atomic E-state index is 13.3. The van der Waals surface area contributed by atoms with E-state index in [1.54, 1.807) is 0 Å². The van der Waals surface area contributed by atoms with Crippen molar-refractivity contribution in [2.45, 2.75) is 50.9 Å². The van der Waals surface area contributed by atoms with Crippen LogP contribution in [0.2, 0.25) is 0 Å². The SMILES string of the molecule is CC1CC(NCCCCN)NC(NC(=O)Nc2ccc(F)c(C(F)(F)F)c2)N1. The molecule has 1 aliphatic heterocycles. The largest absolute Gasteiger partial charge is 0.419 e. The van der Waals surface area contributed by atoms with Crippen LogP contribution in [0.5, 0.6) is 0 Å². The molecule has 0 saturated carbocycles. The summed E-state index contributed by atoms with van der Waals surface area (Å²) >= 11 is 0. The van der Waals surface area contributed by atoms with Crippen LogP contribution in [0.4, 0.5) is 28.0 Å². The minimum atomic E-state index is -4.84. The number of nitrogens with two attached hydrogens (primary N) is 1. The average Bonchev–Trinajstić information content (AvgIpc) is 2.59. The molecule has 11 heteroatoms. The third-order valence-electron chi connectivity index (χ3n) is 4.23. The van der Waals surface area contributed by atoms with Gasteiger partial charge in [-0.05, 0) is 57.5 Å². The first-order valence-electron chi connectivity index (χ1n) is 9.09. The Hall–Kier alpha value is -1.95. The predicted octanol–water partition coefficient (Wildman–Crippen LogP) is 1.88. The van der Waals surface area contributed by atoms with Gasteiger partial charge in [0.05, 0.1) is 11.7 Å². The zero-order chi connectivity index (χ0) is 20.7. The fraction of sp³-hybridized carbons (Fsp3) is 0.588. The van der Waals surface area contributed by atoms with Crippen LogP contribution in [0.3, 0.4) is 0 Å². The number of hydrogen-bond acceptors (Lipinski definition) is 5. The molecule has 7 nitrogen and oxygen atoms in total. The van der Waals surface area contributed by atoms with E-state index in [9.17, 15) is 22.4 Å². The second-order valence-corrected chi connectivity index (χ2v) is 6.70. The van der Waals surface area contributed by atoms with Crippen molar-refractivity contribution in [3.63, 3.8) is 0 Å². The van der Waals surface area contributed by atoms with Gasteiger partial charge in [0.25, 0.3) is 0 Å². The molecule has 1 aromatic carbocycles. The summed E-state index contributed by atoms with van der Waals surface area (Å²) in [5, 5.41) is 14.5. The number of carbonyl (C=O) groups is 1. The Morgan fingerprint density at radius 1 is 1.29 bits per heavy atom. The predicted molar refractivity (Wildman–Crippen MR) is 97.8 cm³/mol. The number of rotatable bonds is 7. The van der Waals surface area contributed by atoms with Gasteiger partial charge in [-0.15, -0.1) is 0 Å². The van der Waals surface area contributed by atoms with Crippen LogP contribution in [0, 0.1) is 5.82 Å². The van der Waals surface area contributed by atoms with Crippen molar-refractivity contribution >= 4 is 11.7 Å². The average molecular weight is 406 g/mol. The van der Waals surface area contributed by atoms with Crippen LogP contribution in [-0.4, -0.2) is 37.6 Å². The van der Waals surface area contributed by atoms with Gasteiger partial charge in [0.15, 0.2) is 0 Å². The normalized spacial score (nSPS) is 22.7. The molecular weight excluding hydrogens is 380 g/mol. The first-order valence-corrected chi connectivity index (χ1v) is 9.09. The lowest BCUT2D eigenvalue weighted by Crippen LogP contribution is -2.67. The van der Waals surface area contributed by atoms with Gasteiger partial charge in [-0.3, -0.25) is 10.6 Å². The highest BCUT2D eigenvalue weighted by atomic mass is 19.4. The van der Waals surface area contributed by atoms with Crippen molar-refractivity contribution in [3.8, 4) is 0 Å². The summed E-state index contributed by atoms with van der Waals surface area (Å²) in [6, 6.07) is 1.66. The number of alkyl halides is 3. The molecule has 1 fully saturated rings. The molecule has 0 radical (unpaired) electrons. The fourth-order valence-electron chi connectivity index (χ4n) is 2.91. The number of benzene rings is 1. The van der Waals surface area contributed by atoms with Gasteiger partial charge < -0.3 is 21.7 Å². The van der Waals surface area contributed by atoms with Crippen molar-refractivity contribution in [2.24, 2.45) is 5.73 Å². The number of amides is 2. The van der Waals surface area contributed by atoms with Gasteiger partial charge in [0, 0.05) is 11.7 Å². The Kier molecular flexibility index (Phi) is 7.98. The fourth-order valence-corrected chi connectivity index (χ4v) is 2.91. The minimum Gasteiger partial charge on any atom is -0.330 e. The van der Waals surface area contributed by atoms with E-state index in [0.29, 0.717) is 18.7 Å². The van der Waals surface area contributed by atoms with Crippen LogP contribution in [0.1, 0.15) is 31.7 Å². The monoisotopic (exact) mass is 406 g/mol. The Labute approximate surface area is 160 Å². The molecule has 1 heterocycles. The molecule has 0 spiro atoms. The van der Waals surface area contributed by atoms with E-state index in [1.165, 1.54) is 0 Å². The third-order valence-corrected chi connectivity index (χ3v) is 4.23. The molecule has 1 aliphatic rings. The van der Waals surface area contributed by atoms with Gasteiger partial charge in [-0.25, -0.2) is 9.18 Å². The standard InChI is InChI=1S/C17H26F4N6O/c1-10-8-14(23-7-3-2-6-22)26-15(24-10)27-16(28)25-11-4-5-13(18)12(9-11)17(19,20)21/h4-5,9-10,14-15,23-24,26H,2-3,6-8,22H2,1H3,(H2,25,27,28). The second-order valence-electron chi connectivity index (χ2n) is 6.70. The third kappa shape index (κ3) is 6.89. The Balaban J connectivity index is 1.89. The van der Waals surface area contributed by atoms with E-state index in [0.717, 1.165) is 31.9 Å². The Bertz CT molecular complexity index is 657. The lowest BCUT2D eigenvalue weighted by atomic mass is 10.1. The lowest BCUT2D eigenvalue weighted by Gasteiger charge is -2.36. The quantitative estimate of drug-likeness (QED) is 0.307. The highest BCUT2D eigenvalue weighted by Gasteiger charge is 2.34. The van der Waals surface area contributed by atoms with Gasteiger partial charge in [0.1, 0.15) is 12.1 Å². The molecule has 1 aromatic rings. The lowest BCUT2D eigenvalue weighted by molar-refractivity contribution is -0.139. The number of carbonyl (C=O) groups excluding carboxylic acids is 1. The van der Waals surface area contributed by atoms with Crippen LogP contribution >= 0.6 is 0 Å². The number of urea groups is 1. The molecule has 0 aliphatic carbocycles. The zero-order valence-corrected chi connectivity index (χ0v) is 15.5. The van der Waals surface area contributed by atoms with Crippen molar-refractivity contribution in [1.82, 2.24) is 21.3 Å². The minimum absolute atomic E-state index is 0.0398. The van der Waals surface area contributed by atoms with E-state index < -0.39 is 29.9 Å². The van der Waals surface area contributed by atoms with Crippen LogP contribution in [0.15, 0.2) is 18.2 Å². The van der Waals surface area contributed by atoms with Crippen molar-refractivity contribution in [1.29, 1.82) is 0 Å². The molecule has 2 rings (SSSR count). The van der Waals surface area contributed by atoms with Gasteiger partial charge in [0.2, 0.25) is 0 Å². The summed E-state index contributed by atoms with van der Waals surface area (Å²) in [4.78, 5) is 12.1. The molecule has 7 N–H and O–H groups in total.